The molecule has 0 aromatic carbocycles. The normalized spacial score (nSPS) is 21.7. The molecule has 0 aromatic heterocycles. The van der Waals surface area contributed by atoms with Gasteiger partial charge in [0, 0.05) is 0 Å². The highest BCUT2D eigenvalue weighted by Crippen LogP contribution is 2.26. The summed E-state index contributed by atoms with van der Waals surface area (Å²) in [4.78, 5) is 13.1. The van der Waals surface area contributed by atoms with Gasteiger partial charge < -0.3 is 40.3 Å². The zero-order chi connectivity index (χ0) is 42.9. The van der Waals surface area contributed by atoms with E-state index in [1.165, 1.54) is 89.9 Å². The Morgan fingerprint density at radius 2 is 1.10 bits per heavy atom. The van der Waals surface area contributed by atoms with E-state index in [-0.39, 0.29) is 6.42 Å². The maximum absolute atomic E-state index is 13.1. The number of ether oxygens (including phenoxy) is 2. The number of rotatable bonds is 39. The van der Waals surface area contributed by atoms with Gasteiger partial charge in [-0.2, -0.15) is 8.42 Å². The van der Waals surface area contributed by atoms with E-state index in [0.29, 0.717) is 19.3 Å². The topological polar surface area (TPSA) is 212 Å². The van der Waals surface area contributed by atoms with Crippen LogP contribution in [-0.2, 0) is 28.9 Å². The molecule has 8 unspecified atom stereocenters. The smallest absolute Gasteiger partial charge is 0.394 e. The molecule has 7 N–H and O–H groups in total. The molecule has 13 nitrogen and oxygen atoms in total. The van der Waals surface area contributed by atoms with Crippen molar-refractivity contribution in [1.82, 2.24) is 5.32 Å². The monoisotopic (exact) mass is 852 g/mol. The van der Waals surface area contributed by atoms with Gasteiger partial charge in [0.1, 0.15) is 30.5 Å². The lowest BCUT2D eigenvalue weighted by molar-refractivity contribution is -0.298. The first-order chi connectivity index (χ1) is 27.9. The second-order valence-corrected chi connectivity index (χ2v) is 17.5. The number of hydrogen-bond acceptors (Lipinski definition) is 11. The van der Waals surface area contributed by atoms with Crippen LogP contribution in [0.15, 0.2) is 12.2 Å². The van der Waals surface area contributed by atoms with Crippen LogP contribution in [0.3, 0.4) is 0 Å². The third-order valence-electron chi connectivity index (χ3n) is 11.2. The summed E-state index contributed by atoms with van der Waals surface area (Å²) >= 11 is 0. The van der Waals surface area contributed by atoms with Crippen LogP contribution in [-0.4, -0.2) is 107 Å². The number of aliphatic hydroxyl groups excluding tert-OH is 5. The number of allylic oxidation sites excluding steroid dienone is 2. The van der Waals surface area contributed by atoms with Crippen molar-refractivity contribution in [2.75, 3.05) is 13.2 Å². The molecule has 0 bridgehead atoms. The van der Waals surface area contributed by atoms with Gasteiger partial charge in [-0.05, 0) is 38.5 Å². The van der Waals surface area contributed by atoms with Crippen LogP contribution in [0.25, 0.3) is 0 Å². The summed E-state index contributed by atoms with van der Waals surface area (Å²) in [6.07, 6.45) is 25.9. The van der Waals surface area contributed by atoms with Gasteiger partial charge in [0.25, 0.3) is 0 Å². The van der Waals surface area contributed by atoms with Gasteiger partial charge >= 0.3 is 10.4 Å². The van der Waals surface area contributed by atoms with E-state index >= 15 is 0 Å². The Morgan fingerprint density at radius 1 is 0.672 bits per heavy atom. The second kappa shape index (κ2) is 35.4. The van der Waals surface area contributed by atoms with Crippen molar-refractivity contribution in [2.45, 2.75) is 249 Å². The van der Waals surface area contributed by atoms with E-state index in [9.17, 15) is 38.7 Å². The van der Waals surface area contributed by atoms with Gasteiger partial charge in [-0.15, -0.1) is 0 Å². The van der Waals surface area contributed by atoms with E-state index in [1.54, 1.807) is 0 Å². The minimum atomic E-state index is -5.10. The average Bonchev–Trinajstić information content (AvgIpc) is 3.19. The second-order valence-electron chi connectivity index (χ2n) is 16.5. The van der Waals surface area contributed by atoms with Crippen LogP contribution in [0.1, 0.15) is 200 Å². The molecule has 1 rings (SSSR count). The number of aliphatic hydroxyl groups is 5. The molecule has 58 heavy (non-hydrogen) atoms. The van der Waals surface area contributed by atoms with Gasteiger partial charge in [-0.3, -0.25) is 9.35 Å². The molecule has 1 aliphatic heterocycles. The predicted molar refractivity (Wildman–Crippen MR) is 228 cm³/mol. The molecule has 0 spiro atoms. The highest BCUT2D eigenvalue weighted by atomic mass is 32.3. The summed E-state index contributed by atoms with van der Waals surface area (Å²) in [6.45, 7) is 3.21. The maximum Gasteiger partial charge on any atom is 0.397 e. The number of amides is 1. The fourth-order valence-electron chi connectivity index (χ4n) is 7.46. The summed E-state index contributed by atoms with van der Waals surface area (Å²) in [6, 6.07) is -1.03. The lowest BCUT2D eigenvalue weighted by Gasteiger charge is -2.41. The van der Waals surface area contributed by atoms with Crippen molar-refractivity contribution in [2.24, 2.45) is 0 Å². The van der Waals surface area contributed by atoms with Gasteiger partial charge in [-0.25, -0.2) is 4.18 Å². The molecule has 0 saturated carbocycles. The van der Waals surface area contributed by atoms with Crippen LogP contribution >= 0.6 is 0 Å². The largest absolute Gasteiger partial charge is 0.397 e. The molecule has 14 heteroatoms. The first-order valence-electron chi connectivity index (χ1n) is 23.2. The molecular formula is C44H85NO12S. The fourth-order valence-corrected chi connectivity index (χ4v) is 7.97. The molecule has 344 valence electrons. The van der Waals surface area contributed by atoms with Gasteiger partial charge in [-0.1, -0.05) is 174 Å². The highest BCUT2D eigenvalue weighted by Gasteiger charge is 2.48. The Labute approximate surface area is 352 Å². The number of hydrogen-bond donors (Lipinski definition) is 7. The zero-order valence-corrected chi connectivity index (χ0v) is 37.1. The molecule has 1 fully saturated rings. The third kappa shape index (κ3) is 27.6. The molecule has 0 aliphatic carbocycles. The Hall–Kier alpha value is -1.20. The van der Waals surface area contributed by atoms with Crippen LogP contribution in [0.2, 0.25) is 0 Å². The lowest BCUT2D eigenvalue weighted by atomic mass is 9.99. The fraction of sp³-hybridized carbons (Fsp3) is 0.932. The SMILES string of the molecule is CCCCCCCCCCCCCC/C=C\CCCCCCCCC(O)C(=O)NC(COC1OC(CO)C(O)C(OS(=O)(=O)O)C1O)C(O)CCCCCCCCC. The van der Waals surface area contributed by atoms with Crippen molar-refractivity contribution in [3.05, 3.63) is 12.2 Å². The number of unbranched alkanes of at least 4 members (excludes halogenated alkanes) is 24. The standard InChI is InChI=1S/C44H85NO12S/c1-3-5-7-9-11-12-13-14-15-16-17-18-19-20-21-22-23-24-25-27-29-31-33-38(48)43(51)45-36(37(47)32-30-28-26-10-8-6-4-2)35-55-44-41(50)42(57-58(52,53)54)40(49)39(34-46)56-44/h20-21,36-42,44,46-50H,3-19,22-35H2,1-2H3,(H,45,51)(H,52,53,54)/b21-20-. The molecule has 8 atom stereocenters. The number of nitrogens with one attached hydrogen (secondary N) is 1. The summed E-state index contributed by atoms with van der Waals surface area (Å²) in [5.41, 5.74) is 0. The van der Waals surface area contributed by atoms with Gasteiger partial charge in [0.05, 0.1) is 25.4 Å². The number of carbonyl (C=O) groups excluding carboxylic acids is 1. The summed E-state index contributed by atoms with van der Waals surface area (Å²) in [5, 5.41) is 55.0. The van der Waals surface area contributed by atoms with Crippen LogP contribution in [0.4, 0.5) is 0 Å². The Balaban J connectivity index is 2.40. The molecule has 0 aromatic rings. The highest BCUT2D eigenvalue weighted by molar-refractivity contribution is 7.80. The Kier molecular flexibility index (Phi) is 33.5. The summed E-state index contributed by atoms with van der Waals surface area (Å²) in [7, 11) is -5.10. The van der Waals surface area contributed by atoms with E-state index in [2.05, 4.69) is 35.5 Å². The van der Waals surface area contributed by atoms with Crippen LogP contribution in [0.5, 0.6) is 0 Å². The van der Waals surface area contributed by atoms with Crippen LogP contribution in [0, 0.1) is 0 Å². The molecule has 1 heterocycles. The zero-order valence-electron chi connectivity index (χ0n) is 36.2. The molecule has 1 amide bonds. The van der Waals surface area contributed by atoms with E-state index in [4.69, 9.17) is 14.0 Å². The van der Waals surface area contributed by atoms with Crippen LogP contribution < -0.4 is 5.32 Å². The van der Waals surface area contributed by atoms with Gasteiger partial charge in [0.2, 0.25) is 5.91 Å². The van der Waals surface area contributed by atoms with Gasteiger partial charge in [0.15, 0.2) is 6.29 Å². The van der Waals surface area contributed by atoms with Crippen molar-refractivity contribution in [1.29, 1.82) is 0 Å². The van der Waals surface area contributed by atoms with E-state index < -0.39 is 78.5 Å². The Bertz CT molecular complexity index is 1110. The lowest BCUT2D eigenvalue weighted by Crippen LogP contribution is -2.61. The third-order valence-corrected chi connectivity index (χ3v) is 11.6. The minimum Gasteiger partial charge on any atom is -0.394 e. The predicted octanol–water partition coefficient (Wildman–Crippen LogP) is 7.75. The van der Waals surface area contributed by atoms with Crippen molar-refractivity contribution in [3.63, 3.8) is 0 Å². The molecule has 0 radical (unpaired) electrons. The minimum absolute atomic E-state index is 0.254. The summed E-state index contributed by atoms with van der Waals surface area (Å²) in [5.74, 6) is -0.677. The average molecular weight is 852 g/mol. The summed E-state index contributed by atoms with van der Waals surface area (Å²) < 4.78 is 47.4. The van der Waals surface area contributed by atoms with Crippen molar-refractivity contribution in [3.8, 4) is 0 Å². The Morgan fingerprint density at radius 3 is 1.55 bits per heavy atom. The maximum atomic E-state index is 13.1. The number of carbonyl (C=O) groups is 1. The first kappa shape index (κ1) is 54.8. The first-order valence-corrected chi connectivity index (χ1v) is 24.5. The van der Waals surface area contributed by atoms with Crippen molar-refractivity contribution >= 4 is 16.3 Å². The molecule has 1 saturated heterocycles. The molecule has 1 aliphatic rings. The molecular weight excluding hydrogens is 767 g/mol. The quantitative estimate of drug-likeness (QED) is 0.0180. The van der Waals surface area contributed by atoms with E-state index in [1.807, 2.05) is 0 Å². The van der Waals surface area contributed by atoms with E-state index in [0.717, 1.165) is 70.6 Å². The van der Waals surface area contributed by atoms with Crippen molar-refractivity contribution < 1.29 is 57.0 Å².